The molecule has 0 spiro atoms. The van der Waals surface area contributed by atoms with Gasteiger partial charge in [0.05, 0.1) is 0 Å². The molecule has 0 unspecified atom stereocenters. The first kappa shape index (κ1) is 21.8. The fraction of sp³-hybridized carbons (Fsp3) is 0.880. The molecule has 30 heavy (non-hydrogen) atoms. The van der Waals surface area contributed by atoms with Gasteiger partial charge in [-0.15, -0.1) is 0 Å². The van der Waals surface area contributed by atoms with Crippen LogP contribution in [0.3, 0.4) is 0 Å². The van der Waals surface area contributed by atoms with Crippen LogP contribution in [0.2, 0.25) is 0 Å². The molecule has 0 aromatic carbocycles. The number of hydrogen-bond acceptors (Lipinski definition) is 4. The van der Waals surface area contributed by atoms with Gasteiger partial charge in [-0.05, 0) is 45.4 Å². The highest BCUT2D eigenvalue weighted by molar-refractivity contribution is 5.80. The van der Waals surface area contributed by atoms with E-state index in [-0.39, 0.29) is 5.92 Å². The number of nitrogens with zero attached hydrogens (tertiary/aromatic N) is 3. The van der Waals surface area contributed by atoms with Crippen molar-refractivity contribution in [2.24, 2.45) is 5.92 Å². The number of amides is 1. The first-order valence-electron chi connectivity index (χ1n) is 12.8. The molecule has 1 saturated heterocycles. The zero-order valence-corrected chi connectivity index (χ0v) is 19.0. The Morgan fingerprint density at radius 1 is 0.867 bits per heavy atom. The van der Waals surface area contributed by atoms with Gasteiger partial charge < -0.3 is 9.42 Å². The monoisotopic (exact) mass is 415 g/mol. The number of rotatable bonds is 3. The second kappa shape index (κ2) is 10.3. The van der Waals surface area contributed by atoms with Crippen LogP contribution in [0.5, 0.6) is 0 Å². The van der Waals surface area contributed by atoms with Gasteiger partial charge in [-0.1, -0.05) is 75.8 Å². The van der Waals surface area contributed by atoms with Crippen LogP contribution < -0.4 is 0 Å². The molecule has 1 aromatic rings. The molecule has 2 saturated carbocycles. The van der Waals surface area contributed by atoms with Gasteiger partial charge in [0.1, 0.15) is 5.54 Å². The molecular formula is C25H41N3O2. The Labute approximate surface area is 182 Å². The summed E-state index contributed by atoms with van der Waals surface area (Å²) in [6, 6.07) is 0. The standard InChI is InChI=1S/C25H41N3O2/c1-25(24-26-22(27-30-24)20-14-9-7-4-8-10-15-20)18-13-19-28(25)23(29)21-16-11-5-2-3-6-12-17-21/h20-21H,2-19H2,1H3/t25-/m0/s1. The van der Waals surface area contributed by atoms with Crippen LogP contribution in [0.25, 0.3) is 0 Å². The minimum Gasteiger partial charge on any atom is -0.337 e. The van der Waals surface area contributed by atoms with Crippen molar-refractivity contribution in [3.05, 3.63) is 11.7 Å². The van der Waals surface area contributed by atoms with Gasteiger partial charge in [0.25, 0.3) is 5.89 Å². The second-order valence-electron chi connectivity index (χ2n) is 10.3. The Balaban J connectivity index is 1.48. The molecule has 2 aliphatic carbocycles. The van der Waals surface area contributed by atoms with Crippen molar-refractivity contribution in [3.63, 3.8) is 0 Å². The molecule has 5 nitrogen and oxygen atoms in total. The highest BCUT2D eigenvalue weighted by Gasteiger charge is 2.47. The van der Waals surface area contributed by atoms with E-state index in [4.69, 9.17) is 9.51 Å². The van der Waals surface area contributed by atoms with Crippen LogP contribution in [0.1, 0.15) is 134 Å². The van der Waals surface area contributed by atoms with Crippen LogP contribution >= 0.6 is 0 Å². The fourth-order valence-corrected chi connectivity index (χ4v) is 5.97. The molecule has 1 aromatic heterocycles. The third-order valence-corrected chi connectivity index (χ3v) is 7.98. The molecule has 1 amide bonds. The topological polar surface area (TPSA) is 59.2 Å². The second-order valence-corrected chi connectivity index (χ2v) is 10.3. The summed E-state index contributed by atoms with van der Waals surface area (Å²) in [6.07, 6.45) is 20.5. The summed E-state index contributed by atoms with van der Waals surface area (Å²) in [4.78, 5) is 20.6. The minimum atomic E-state index is -0.428. The third-order valence-electron chi connectivity index (χ3n) is 7.98. The predicted molar refractivity (Wildman–Crippen MR) is 118 cm³/mol. The largest absolute Gasteiger partial charge is 0.337 e. The predicted octanol–water partition coefficient (Wildman–Crippen LogP) is 6.49. The van der Waals surface area contributed by atoms with Crippen LogP contribution in [-0.4, -0.2) is 27.5 Å². The van der Waals surface area contributed by atoms with Crippen LogP contribution in [0, 0.1) is 5.92 Å². The maximum atomic E-state index is 13.6. The molecule has 4 rings (SSSR count). The average molecular weight is 416 g/mol. The SMILES string of the molecule is C[C@@]1(c2nc(C3CCCCCCC3)no2)CCCN1C(=O)C1CCCCCCCC1. The molecule has 0 radical (unpaired) electrons. The first-order chi connectivity index (χ1) is 14.7. The molecular weight excluding hydrogens is 374 g/mol. The Hall–Kier alpha value is -1.39. The Kier molecular flexibility index (Phi) is 7.48. The van der Waals surface area contributed by atoms with Crippen LogP contribution in [0.15, 0.2) is 4.52 Å². The molecule has 0 bridgehead atoms. The molecule has 1 atom stereocenters. The fourth-order valence-electron chi connectivity index (χ4n) is 5.97. The van der Waals surface area contributed by atoms with Crippen molar-refractivity contribution >= 4 is 5.91 Å². The van der Waals surface area contributed by atoms with Gasteiger partial charge in [0.15, 0.2) is 5.82 Å². The molecule has 1 aliphatic heterocycles. The number of carbonyl (C=O) groups is 1. The minimum absolute atomic E-state index is 0.175. The number of carbonyl (C=O) groups excluding carboxylic acids is 1. The maximum Gasteiger partial charge on any atom is 0.252 e. The van der Waals surface area contributed by atoms with Gasteiger partial charge in [0.2, 0.25) is 5.91 Å². The lowest BCUT2D eigenvalue weighted by Crippen LogP contribution is -2.46. The Morgan fingerprint density at radius 3 is 2.07 bits per heavy atom. The summed E-state index contributed by atoms with van der Waals surface area (Å²) in [5.74, 6) is 2.49. The molecule has 5 heteroatoms. The van der Waals surface area contributed by atoms with E-state index in [2.05, 4.69) is 17.0 Å². The Morgan fingerprint density at radius 2 is 1.43 bits per heavy atom. The zero-order chi connectivity index (χ0) is 20.8. The summed E-state index contributed by atoms with van der Waals surface area (Å²) < 4.78 is 5.85. The van der Waals surface area contributed by atoms with Crippen molar-refractivity contribution in [1.82, 2.24) is 15.0 Å². The van der Waals surface area contributed by atoms with Gasteiger partial charge >= 0.3 is 0 Å². The van der Waals surface area contributed by atoms with E-state index in [9.17, 15) is 4.79 Å². The summed E-state index contributed by atoms with van der Waals surface area (Å²) >= 11 is 0. The average Bonchev–Trinajstić information content (AvgIpc) is 3.37. The molecule has 0 N–H and O–H groups in total. The van der Waals surface area contributed by atoms with Crippen LogP contribution in [0.4, 0.5) is 0 Å². The number of hydrogen-bond donors (Lipinski definition) is 0. The van der Waals surface area contributed by atoms with Crippen molar-refractivity contribution in [3.8, 4) is 0 Å². The quantitative estimate of drug-likeness (QED) is 0.566. The van der Waals surface area contributed by atoms with Gasteiger partial charge in [-0.3, -0.25) is 4.79 Å². The summed E-state index contributed by atoms with van der Waals surface area (Å²) in [5.41, 5.74) is -0.428. The van der Waals surface area contributed by atoms with Gasteiger partial charge in [-0.2, -0.15) is 4.98 Å². The molecule has 168 valence electrons. The van der Waals surface area contributed by atoms with Crippen molar-refractivity contribution < 1.29 is 9.32 Å². The summed E-state index contributed by atoms with van der Waals surface area (Å²) in [6.45, 7) is 2.98. The maximum absolute atomic E-state index is 13.6. The van der Waals surface area contributed by atoms with E-state index in [1.807, 2.05) is 0 Å². The van der Waals surface area contributed by atoms with E-state index < -0.39 is 5.54 Å². The zero-order valence-electron chi connectivity index (χ0n) is 19.0. The normalized spacial score (nSPS) is 28.4. The lowest BCUT2D eigenvalue weighted by atomic mass is 9.90. The molecule has 3 aliphatic rings. The van der Waals surface area contributed by atoms with E-state index in [1.165, 1.54) is 83.5 Å². The Bertz CT molecular complexity index is 670. The van der Waals surface area contributed by atoms with Crippen LogP contribution in [-0.2, 0) is 10.3 Å². The van der Waals surface area contributed by atoms with Gasteiger partial charge in [0, 0.05) is 18.4 Å². The van der Waals surface area contributed by atoms with E-state index in [0.29, 0.717) is 17.7 Å². The number of likely N-dealkylation sites (tertiary alicyclic amines) is 1. The van der Waals surface area contributed by atoms with Crippen molar-refractivity contribution in [2.75, 3.05) is 6.54 Å². The van der Waals surface area contributed by atoms with Crippen molar-refractivity contribution in [1.29, 1.82) is 0 Å². The summed E-state index contributed by atoms with van der Waals surface area (Å²) in [5, 5.41) is 4.42. The van der Waals surface area contributed by atoms with Crippen molar-refractivity contribution in [2.45, 2.75) is 128 Å². The van der Waals surface area contributed by atoms with E-state index >= 15 is 0 Å². The lowest BCUT2D eigenvalue weighted by molar-refractivity contribution is -0.141. The molecule has 2 heterocycles. The highest BCUT2D eigenvalue weighted by Crippen LogP contribution is 2.41. The van der Waals surface area contributed by atoms with E-state index in [0.717, 1.165) is 38.1 Å². The lowest BCUT2D eigenvalue weighted by Gasteiger charge is -2.34. The van der Waals surface area contributed by atoms with E-state index in [1.54, 1.807) is 0 Å². The smallest absolute Gasteiger partial charge is 0.252 e. The highest BCUT2D eigenvalue weighted by atomic mass is 16.5. The first-order valence-corrected chi connectivity index (χ1v) is 12.8. The number of aromatic nitrogens is 2. The third kappa shape index (κ3) is 4.91. The summed E-state index contributed by atoms with van der Waals surface area (Å²) in [7, 11) is 0. The van der Waals surface area contributed by atoms with Gasteiger partial charge in [-0.25, -0.2) is 0 Å². The molecule has 3 fully saturated rings.